The number of ether oxygens (including phenoxy) is 2. The molecule has 0 fully saturated rings. The number of hydrogen-bond acceptors (Lipinski definition) is 10. The minimum Gasteiger partial charge on any atom is -0.465 e. The lowest BCUT2D eigenvalue weighted by molar-refractivity contribution is -0.145. The molecule has 0 aromatic heterocycles. The standard InChI is InChI=1S/C37H47N4O7PS2/c1-3-47-35(44)25-40-36(45)32(41-33(42)22-21-31(38)37(46)48-4-2)26-50-51-27-34(43)39-23-14-24-49(28-15-8-5-9-16-28,29-17-10-6-11-18-29)30-19-12-7-13-20-30/h5-13,15-20,31-32H,3-4,14,21-27,38H2,1-2H3,(H2-,39,40,41,42,43,45)/p+1/t31-,32-/m0/s1. The van der Waals surface area contributed by atoms with Crippen molar-refractivity contribution in [2.24, 2.45) is 5.73 Å². The Labute approximate surface area is 308 Å². The molecule has 51 heavy (non-hydrogen) atoms. The highest BCUT2D eigenvalue weighted by Crippen LogP contribution is 2.55. The molecule has 0 radical (unpaired) electrons. The molecular weight excluding hydrogens is 708 g/mol. The van der Waals surface area contributed by atoms with E-state index in [2.05, 4.69) is 88.7 Å². The Bertz CT molecular complexity index is 1440. The van der Waals surface area contributed by atoms with Crippen LogP contribution in [-0.2, 0) is 33.4 Å². The second kappa shape index (κ2) is 22.8. The quantitative estimate of drug-likeness (QED) is 0.0519. The van der Waals surface area contributed by atoms with E-state index in [0.29, 0.717) is 6.54 Å². The van der Waals surface area contributed by atoms with Crippen molar-refractivity contribution in [1.29, 1.82) is 0 Å². The molecule has 0 aliphatic carbocycles. The van der Waals surface area contributed by atoms with Gasteiger partial charge in [-0.3, -0.25) is 24.0 Å². The second-order valence-electron chi connectivity index (χ2n) is 11.3. The van der Waals surface area contributed by atoms with Gasteiger partial charge in [-0.25, -0.2) is 0 Å². The van der Waals surface area contributed by atoms with E-state index in [1.807, 2.05) is 18.2 Å². The van der Waals surface area contributed by atoms with Crippen molar-refractivity contribution in [1.82, 2.24) is 16.0 Å². The summed E-state index contributed by atoms with van der Waals surface area (Å²) < 4.78 is 9.73. The third kappa shape index (κ3) is 13.6. The van der Waals surface area contributed by atoms with E-state index in [1.165, 1.54) is 37.5 Å². The Morgan fingerprint density at radius 3 is 1.82 bits per heavy atom. The first kappa shape index (κ1) is 41.5. The van der Waals surface area contributed by atoms with Crippen molar-refractivity contribution >= 4 is 74.4 Å². The highest BCUT2D eigenvalue weighted by molar-refractivity contribution is 8.76. The monoisotopic (exact) mass is 755 g/mol. The van der Waals surface area contributed by atoms with E-state index in [0.717, 1.165) is 12.6 Å². The number of nitrogens with two attached hydrogens (primary N) is 1. The first-order chi connectivity index (χ1) is 24.7. The summed E-state index contributed by atoms with van der Waals surface area (Å²) in [5, 5.41) is 12.0. The molecular formula is C37H48N4O7PS2+. The Morgan fingerprint density at radius 2 is 1.29 bits per heavy atom. The third-order valence-electron chi connectivity index (χ3n) is 7.73. The number of nitrogens with one attached hydrogen (secondary N) is 3. The number of carbonyl (C=O) groups is 5. The van der Waals surface area contributed by atoms with Gasteiger partial charge in [-0.2, -0.15) is 0 Å². The van der Waals surface area contributed by atoms with Gasteiger partial charge in [0, 0.05) is 18.7 Å². The van der Waals surface area contributed by atoms with Gasteiger partial charge in [0.25, 0.3) is 0 Å². The Balaban J connectivity index is 1.55. The third-order valence-corrected chi connectivity index (χ3v) is 14.5. The van der Waals surface area contributed by atoms with E-state index >= 15 is 0 Å². The number of esters is 2. The van der Waals surface area contributed by atoms with Crippen LogP contribution < -0.4 is 37.6 Å². The number of hydrogen-bond donors (Lipinski definition) is 4. The molecule has 274 valence electrons. The van der Waals surface area contributed by atoms with Crippen LogP contribution in [0.5, 0.6) is 0 Å². The first-order valence-electron chi connectivity index (χ1n) is 16.9. The predicted octanol–water partition coefficient (Wildman–Crippen LogP) is 2.70. The van der Waals surface area contributed by atoms with E-state index in [4.69, 9.17) is 15.2 Å². The molecule has 0 spiro atoms. The molecule has 3 aromatic carbocycles. The fourth-order valence-electron chi connectivity index (χ4n) is 5.29. The van der Waals surface area contributed by atoms with Crippen molar-refractivity contribution in [3.05, 3.63) is 91.0 Å². The molecule has 3 rings (SSSR count). The molecule has 0 saturated heterocycles. The number of amides is 3. The molecule has 0 saturated carbocycles. The van der Waals surface area contributed by atoms with Gasteiger partial charge in [0.2, 0.25) is 17.7 Å². The summed E-state index contributed by atoms with van der Waals surface area (Å²) in [7, 11) is 0.504. The van der Waals surface area contributed by atoms with Crippen LogP contribution in [0.2, 0.25) is 0 Å². The Kier molecular flexibility index (Phi) is 18.6. The van der Waals surface area contributed by atoms with Gasteiger partial charge in [0.1, 0.15) is 41.8 Å². The second-order valence-corrected chi connectivity index (χ2v) is 17.5. The van der Waals surface area contributed by atoms with Gasteiger partial charge < -0.3 is 31.2 Å². The molecule has 3 amide bonds. The molecule has 2 atom stereocenters. The van der Waals surface area contributed by atoms with E-state index in [-0.39, 0.29) is 50.0 Å². The zero-order chi connectivity index (χ0) is 36.9. The average molecular weight is 756 g/mol. The maximum absolute atomic E-state index is 12.9. The lowest BCUT2D eigenvalue weighted by atomic mass is 10.1. The Morgan fingerprint density at radius 1 is 0.745 bits per heavy atom. The highest BCUT2D eigenvalue weighted by atomic mass is 33.1. The fraction of sp³-hybridized carbons (Fsp3) is 0.378. The van der Waals surface area contributed by atoms with Crippen LogP contribution in [0.1, 0.15) is 33.1 Å². The van der Waals surface area contributed by atoms with Crippen LogP contribution in [0.3, 0.4) is 0 Å². The smallest absolute Gasteiger partial charge is 0.325 e. The van der Waals surface area contributed by atoms with Gasteiger partial charge in [-0.05, 0) is 63.1 Å². The summed E-state index contributed by atoms with van der Waals surface area (Å²) in [6.07, 6.45) is 1.57. The van der Waals surface area contributed by atoms with Crippen molar-refractivity contribution in [2.75, 3.05) is 44.0 Å². The van der Waals surface area contributed by atoms with Crippen molar-refractivity contribution in [3.8, 4) is 0 Å². The molecule has 0 aliphatic rings. The van der Waals surface area contributed by atoms with Crippen LogP contribution in [0.4, 0.5) is 0 Å². The van der Waals surface area contributed by atoms with Gasteiger partial charge in [0.15, 0.2) is 0 Å². The molecule has 5 N–H and O–H groups in total. The molecule has 0 bridgehead atoms. The zero-order valence-corrected chi connectivity index (χ0v) is 31.6. The molecule has 14 heteroatoms. The van der Waals surface area contributed by atoms with E-state index in [9.17, 15) is 24.0 Å². The number of rotatable bonds is 22. The fourth-order valence-corrected chi connectivity index (χ4v) is 11.7. The summed E-state index contributed by atoms with van der Waals surface area (Å²) in [5.41, 5.74) is 5.79. The normalized spacial score (nSPS) is 12.2. The summed E-state index contributed by atoms with van der Waals surface area (Å²) in [6.45, 7) is 3.80. The minimum atomic E-state index is -2.00. The lowest BCUT2D eigenvalue weighted by Gasteiger charge is -2.27. The first-order valence-corrected chi connectivity index (χ1v) is 21.4. The van der Waals surface area contributed by atoms with Crippen LogP contribution >= 0.6 is 28.9 Å². The van der Waals surface area contributed by atoms with Crippen LogP contribution in [-0.4, -0.2) is 85.7 Å². The van der Waals surface area contributed by atoms with E-state index < -0.39 is 43.1 Å². The van der Waals surface area contributed by atoms with Crippen molar-refractivity contribution in [2.45, 2.75) is 45.2 Å². The largest absolute Gasteiger partial charge is 0.465 e. The molecule has 3 aromatic rings. The topological polar surface area (TPSA) is 166 Å². The van der Waals surface area contributed by atoms with Gasteiger partial charge >= 0.3 is 11.9 Å². The molecule has 0 unspecified atom stereocenters. The van der Waals surface area contributed by atoms with Gasteiger partial charge in [-0.1, -0.05) is 76.2 Å². The summed E-state index contributed by atoms with van der Waals surface area (Å²) in [6, 6.07) is 29.8. The highest BCUT2D eigenvalue weighted by Gasteiger charge is 2.44. The lowest BCUT2D eigenvalue weighted by Crippen LogP contribution is -2.49. The zero-order valence-electron chi connectivity index (χ0n) is 29.1. The van der Waals surface area contributed by atoms with Gasteiger partial charge in [0.05, 0.1) is 25.1 Å². The van der Waals surface area contributed by atoms with Crippen LogP contribution in [0.25, 0.3) is 0 Å². The SMILES string of the molecule is CCOC(=O)CNC(=O)[C@H](CSSCC(=O)NCCC[P+](c1ccccc1)(c1ccccc1)c1ccccc1)NC(=O)CC[C@H](N)C(=O)OCC. The van der Waals surface area contributed by atoms with Crippen LogP contribution in [0, 0.1) is 0 Å². The number of carbonyl (C=O) groups excluding carboxylic acids is 5. The summed E-state index contributed by atoms with van der Waals surface area (Å²) >= 11 is 0. The van der Waals surface area contributed by atoms with E-state index in [1.54, 1.807) is 13.8 Å². The van der Waals surface area contributed by atoms with Crippen molar-refractivity contribution < 1.29 is 33.4 Å². The maximum atomic E-state index is 12.9. The maximum Gasteiger partial charge on any atom is 0.325 e. The summed E-state index contributed by atoms with van der Waals surface area (Å²) in [5.74, 6) is -2.16. The molecule has 0 aliphatic heterocycles. The predicted molar refractivity (Wildman–Crippen MR) is 208 cm³/mol. The summed E-state index contributed by atoms with van der Waals surface area (Å²) in [4.78, 5) is 61.9. The van der Waals surface area contributed by atoms with Gasteiger partial charge in [-0.15, -0.1) is 0 Å². The van der Waals surface area contributed by atoms with Crippen LogP contribution in [0.15, 0.2) is 91.0 Å². The van der Waals surface area contributed by atoms with Crippen molar-refractivity contribution in [3.63, 3.8) is 0 Å². The number of benzene rings is 3. The minimum absolute atomic E-state index is 0.0368. The molecule has 0 heterocycles. The average Bonchev–Trinajstić information content (AvgIpc) is 3.15. The molecule has 11 nitrogen and oxygen atoms in total. The Hall–Kier alpha value is -3.90.